The van der Waals surface area contributed by atoms with E-state index < -0.39 is 23.7 Å². The fraction of sp³-hybridized carbons (Fsp3) is 0.200. The van der Waals surface area contributed by atoms with Crippen molar-refractivity contribution < 1.29 is 28.7 Å². The predicted molar refractivity (Wildman–Crippen MR) is 142 cm³/mol. The van der Waals surface area contributed by atoms with E-state index >= 15 is 0 Å². The Hall–Kier alpha value is -4.56. The second kappa shape index (κ2) is 10.1. The van der Waals surface area contributed by atoms with Crippen LogP contribution < -0.4 is 0 Å². The predicted octanol–water partition coefficient (Wildman–Crippen LogP) is 4.55. The normalized spacial score (nSPS) is 20.6. The standard InChI is InChI=1S/C30H27N3O5/c1-3-33(17-14-22-18-32-24-7-5-4-6-23(22)24)26(19-8-10-21(11-9-19)30(37)38-2)25(28(35)29(33)36)27(34)20-12-15-31-16-13-20/h4-13,15-16,18,26,32H,3,14,17H2,1-2H3/p+1. The van der Waals surface area contributed by atoms with Crippen molar-refractivity contribution in [1.82, 2.24) is 9.97 Å². The van der Waals surface area contributed by atoms with Crippen molar-refractivity contribution in [3.8, 4) is 0 Å². The monoisotopic (exact) mass is 510 g/mol. The SMILES string of the molecule is CC[N+]1(CCc2c[nH]c3ccccc23)C(=O)C(=O)C(=C(O)c2ccncc2)C1c1ccc(C(=O)OC)cc1. The molecule has 1 saturated heterocycles. The summed E-state index contributed by atoms with van der Waals surface area (Å²) in [6.45, 7) is 2.56. The first-order chi connectivity index (χ1) is 18.4. The molecule has 5 rings (SSSR count). The largest absolute Gasteiger partial charge is 0.507 e. The van der Waals surface area contributed by atoms with Gasteiger partial charge in [-0.2, -0.15) is 0 Å². The van der Waals surface area contributed by atoms with E-state index in [9.17, 15) is 19.5 Å². The molecule has 1 aliphatic heterocycles. The number of aromatic amines is 1. The van der Waals surface area contributed by atoms with E-state index in [1.165, 1.54) is 19.5 Å². The maximum absolute atomic E-state index is 13.8. The third-order valence-electron chi connectivity index (χ3n) is 7.49. The summed E-state index contributed by atoms with van der Waals surface area (Å²) >= 11 is 0. The molecule has 0 spiro atoms. The number of fused-ring (bicyclic) bond motifs is 1. The van der Waals surface area contributed by atoms with Gasteiger partial charge in [-0.15, -0.1) is 0 Å². The van der Waals surface area contributed by atoms with E-state index in [0.29, 0.717) is 36.2 Å². The van der Waals surface area contributed by atoms with E-state index in [1.54, 1.807) is 36.4 Å². The second-order valence-corrected chi connectivity index (χ2v) is 9.33. The quantitative estimate of drug-likeness (QED) is 0.124. The van der Waals surface area contributed by atoms with E-state index in [0.717, 1.165) is 16.5 Å². The Bertz CT molecular complexity index is 1560. The van der Waals surface area contributed by atoms with Gasteiger partial charge in [-0.05, 0) is 42.8 Å². The molecule has 0 bridgehead atoms. The van der Waals surface area contributed by atoms with E-state index in [1.807, 2.05) is 37.4 Å². The first kappa shape index (κ1) is 25.1. The van der Waals surface area contributed by atoms with Gasteiger partial charge >= 0.3 is 11.9 Å². The zero-order valence-electron chi connectivity index (χ0n) is 21.2. The maximum Gasteiger partial charge on any atom is 0.387 e. The number of aliphatic hydroxyl groups is 1. The molecule has 1 aliphatic rings. The second-order valence-electron chi connectivity index (χ2n) is 9.33. The number of ether oxygens (including phenoxy) is 1. The van der Waals surface area contributed by atoms with Gasteiger partial charge in [-0.25, -0.2) is 14.1 Å². The highest BCUT2D eigenvalue weighted by atomic mass is 16.5. The highest BCUT2D eigenvalue weighted by molar-refractivity contribution is 6.43. The molecular formula is C30H28N3O5+. The number of esters is 1. The third kappa shape index (κ3) is 4.09. The topological polar surface area (TPSA) is 109 Å². The van der Waals surface area contributed by atoms with Crippen LogP contribution in [0, 0.1) is 0 Å². The zero-order valence-corrected chi connectivity index (χ0v) is 21.2. The van der Waals surface area contributed by atoms with Crippen LogP contribution in [0.15, 0.2) is 84.8 Å². The number of nitrogens with one attached hydrogen (secondary N) is 1. The Morgan fingerprint density at radius 3 is 2.42 bits per heavy atom. The highest BCUT2D eigenvalue weighted by Crippen LogP contribution is 2.45. The van der Waals surface area contributed by atoms with E-state index in [4.69, 9.17) is 4.74 Å². The Morgan fingerprint density at radius 1 is 1.03 bits per heavy atom. The number of Topliss-reactive ketones (excluding diaryl/α,β-unsaturated/α-hetero) is 1. The fourth-order valence-electron chi connectivity index (χ4n) is 5.45. The third-order valence-corrected chi connectivity index (χ3v) is 7.49. The number of methoxy groups -OCH3 is 1. The number of hydrogen-bond donors (Lipinski definition) is 2. The molecule has 1 amide bonds. The van der Waals surface area contributed by atoms with E-state index in [2.05, 4.69) is 9.97 Å². The fourth-order valence-corrected chi connectivity index (χ4v) is 5.45. The van der Waals surface area contributed by atoms with Crippen LogP contribution in [0.3, 0.4) is 0 Å². The van der Waals surface area contributed by atoms with Crippen LogP contribution in [0.2, 0.25) is 0 Å². The molecule has 8 heteroatoms. The molecule has 0 aliphatic carbocycles. The molecule has 2 aromatic carbocycles. The molecule has 2 atom stereocenters. The summed E-state index contributed by atoms with van der Waals surface area (Å²) in [6, 6.07) is 17.0. The number of ketones is 1. The van der Waals surface area contributed by atoms with Gasteiger partial charge in [0, 0.05) is 47.0 Å². The van der Waals surface area contributed by atoms with Crippen LogP contribution in [0.4, 0.5) is 0 Å². The Labute approximate surface area is 219 Å². The van der Waals surface area contributed by atoms with Gasteiger partial charge in [0.2, 0.25) is 0 Å². The van der Waals surface area contributed by atoms with Crippen molar-refractivity contribution >= 4 is 34.3 Å². The van der Waals surface area contributed by atoms with Gasteiger partial charge in [-0.1, -0.05) is 30.3 Å². The first-order valence-electron chi connectivity index (χ1n) is 12.4. The molecule has 1 fully saturated rings. The van der Waals surface area contributed by atoms with Crippen LogP contribution in [0.5, 0.6) is 0 Å². The van der Waals surface area contributed by atoms with Gasteiger partial charge in [-0.3, -0.25) is 9.78 Å². The van der Waals surface area contributed by atoms with Crippen molar-refractivity contribution in [1.29, 1.82) is 0 Å². The lowest BCUT2D eigenvalue weighted by Crippen LogP contribution is -2.52. The minimum atomic E-state index is -0.759. The number of quaternary nitrogens is 1. The molecule has 0 saturated carbocycles. The number of carbonyl (C=O) groups is 3. The summed E-state index contributed by atoms with van der Waals surface area (Å²) in [7, 11) is 1.31. The van der Waals surface area contributed by atoms with Gasteiger partial charge in [0.1, 0.15) is 11.3 Å². The minimum absolute atomic E-state index is 0.0489. The zero-order chi connectivity index (χ0) is 26.9. The number of para-hydroxylation sites is 1. The molecular weight excluding hydrogens is 482 g/mol. The summed E-state index contributed by atoms with van der Waals surface area (Å²) in [4.78, 5) is 46.7. The number of amides is 1. The Morgan fingerprint density at radius 2 is 1.74 bits per heavy atom. The molecule has 3 heterocycles. The number of aliphatic hydroxyl groups excluding tert-OH is 1. The lowest BCUT2D eigenvalue weighted by Gasteiger charge is -2.36. The van der Waals surface area contributed by atoms with Crippen molar-refractivity contribution in [2.75, 3.05) is 20.2 Å². The summed E-state index contributed by atoms with van der Waals surface area (Å²) in [5.74, 6) is -2.00. The molecule has 192 valence electrons. The average molecular weight is 511 g/mol. The van der Waals surface area contributed by atoms with Gasteiger partial charge in [0.15, 0.2) is 6.04 Å². The van der Waals surface area contributed by atoms with Crippen LogP contribution in [0.1, 0.15) is 40.0 Å². The summed E-state index contributed by atoms with van der Waals surface area (Å²) in [5.41, 5.74) is 3.49. The highest BCUT2D eigenvalue weighted by Gasteiger charge is 2.59. The molecule has 4 aromatic rings. The smallest absolute Gasteiger partial charge is 0.387 e. The number of likely N-dealkylation sites (N-methyl/N-ethyl adjacent to an activating group) is 1. The molecule has 2 N–H and O–H groups in total. The lowest BCUT2D eigenvalue weighted by molar-refractivity contribution is -0.870. The maximum atomic E-state index is 13.8. The average Bonchev–Trinajstić information content (AvgIpc) is 3.48. The van der Waals surface area contributed by atoms with Crippen LogP contribution in [0.25, 0.3) is 16.7 Å². The first-order valence-corrected chi connectivity index (χ1v) is 12.4. The number of pyridine rings is 1. The van der Waals surface area contributed by atoms with Gasteiger partial charge in [0.05, 0.1) is 25.8 Å². The molecule has 2 aromatic heterocycles. The summed E-state index contributed by atoms with van der Waals surface area (Å²) in [5, 5.41) is 12.4. The number of aromatic nitrogens is 2. The number of rotatable bonds is 7. The van der Waals surface area contributed by atoms with Crippen molar-refractivity contribution in [2.24, 2.45) is 0 Å². The number of likely N-dealkylation sites (tertiary alicyclic amines) is 1. The van der Waals surface area contributed by atoms with E-state index in [-0.39, 0.29) is 15.8 Å². The summed E-state index contributed by atoms with van der Waals surface area (Å²) < 4.78 is 4.64. The van der Waals surface area contributed by atoms with Crippen molar-refractivity contribution in [3.05, 3.63) is 107 Å². The number of hydrogen-bond acceptors (Lipinski definition) is 6. The van der Waals surface area contributed by atoms with Crippen LogP contribution in [-0.2, 0) is 20.7 Å². The summed E-state index contributed by atoms with van der Waals surface area (Å²) in [6.07, 6.45) is 5.51. The Balaban J connectivity index is 1.64. The molecule has 2 unspecified atom stereocenters. The lowest BCUT2D eigenvalue weighted by atomic mass is 9.93. The van der Waals surface area contributed by atoms with Gasteiger partial charge < -0.3 is 14.8 Å². The molecule has 0 radical (unpaired) electrons. The molecule has 8 nitrogen and oxygen atoms in total. The number of carbonyl (C=O) groups excluding carboxylic acids is 3. The van der Waals surface area contributed by atoms with Crippen molar-refractivity contribution in [3.63, 3.8) is 0 Å². The van der Waals surface area contributed by atoms with Gasteiger partial charge in [0.25, 0.3) is 5.78 Å². The van der Waals surface area contributed by atoms with Crippen LogP contribution in [-0.4, -0.2) is 57.4 Å². The van der Waals surface area contributed by atoms with Crippen LogP contribution >= 0.6 is 0 Å². The number of nitrogens with zero attached hydrogens (tertiary/aromatic N) is 2. The minimum Gasteiger partial charge on any atom is -0.507 e. The van der Waals surface area contributed by atoms with Crippen molar-refractivity contribution in [2.45, 2.75) is 19.4 Å². The molecule has 38 heavy (non-hydrogen) atoms. The Kier molecular flexibility index (Phi) is 6.65. The number of H-pyrrole nitrogens is 1. The number of benzene rings is 2.